The first-order valence-corrected chi connectivity index (χ1v) is 10.9. The van der Waals surface area contributed by atoms with Gasteiger partial charge in [0.05, 0.1) is 5.75 Å². The van der Waals surface area contributed by atoms with Gasteiger partial charge >= 0.3 is 0 Å². The van der Waals surface area contributed by atoms with E-state index in [1.807, 2.05) is 43.3 Å². The minimum atomic E-state index is 0.230. The summed E-state index contributed by atoms with van der Waals surface area (Å²) >= 11 is 1.39. The van der Waals surface area contributed by atoms with Gasteiger partial charge in [-0.25, -0.2) is 4.68 Å². The van der Waals surface area contributed by atoms with Gasteiger partial charge in [-0.2, -0.15) is 4.98 Å². The Balaban J connectivity index is 1.39. The van der Waals surface area contributed by atoms with Gasteiger partial charge in [-0.3, -0.25) is 0 Å². The van der Waals surface area contributed by atoms with Crippen LogP contribution in [-0.4, -0.2) is 25.0 Å². The van der Waals surface area contributed by atoms with E-state index in [9.17, 15) is 0 Å². The number of ether oxygens (including phenoxy) is 1. The van der Waals surface area contributed by atoms with Crippen molar-refractivity contribution in [3.63, 3.8) is 0 Å². The molecule has 0 fully saturated rings. The van der Waals surface area contributed by atoms with E-state index < -0.39 is 0 Å². The van der Waals surface area contributed by atoms with Gasteiger partial charge in [-0.05, 0) is 42.2 Å². The van der Waals surface area contributed by atoms with E-state index in [4.69, 9.17) is 15.1 Å². The van der Waals surface area contributed by atoms with Crippen molar-refractivity contribution in [1.29, 1.82) is 0 Å². The lowest BCUT2D eigenvalue weighted by atomic mass is 10.0. The zero-order valence-corrected chi connectivity index (χ0v) is 18.5. The maximum atomic E-state index is 6.18. The fourth-order valence-corrected chi connectivity index (χ4v) is 3.75. The van der Waals surface area contributed by atoms with Crippen LogP contribution in [0.4, 0.5) is 0 Å². The average molecular weight is 437 g/mol. The lowest BCUT2D eigenvalue weighted by molar-refractivity contribution is 0.287. The highest BCUT2D eigenvalue weighted by Gasteiger charge is 2.15. The van der Waals surface area contributed by atoms with E-state index in [1.165, 1.54) is 16.4 Å². The second-order valence-corrected chi connectivity index (χ2v) is 8.37. The largest absolute Gasteiger partial charge is 0.485 e. The molecular formula is C22H24N6O2S. The Morgan fingerprint density at radius 3 is 2.71 bits per heavy atom. The first-order valence-electron chi connectivity index (χ1n) is 9.94. The van der Waals surface area contributed by atoms with Crippen LogP contribution in [0.25, 0.3) is 11.5 Å². The van der Waals surface area contributed by atoms with Crippen molar-refractivity contribution in [1.82, 2.24) is 25.0 Å². The lowest BCUT2D eigenvalue weighted by Crippen LogP contribution is -2.16. The van der Waals surface area contributed by atoms with Crippen LogP contribution in [-0.2, 0) is 12.4 Å². The Kier molecular flexibility index (Phi) is 6.22. The summed E-state index contributed by atoms with van der Waals surface area (Å²) in [5.41, 5.74) is 3.17. The van der Waals surface area contributed by atoms with E-state index >= 15 is 0 Å². The molecule has 0 saturated heterocycles. The molecule has 0 aliphatic rings. The molecule has 0 atom stereocenters. The first kappa shape index (κ1) is 20.9. The molecular weight excluding hydrogens is 412 g/mol. The monoisotopic (exact) mass is 436 g/mol. The van der Waals surface area contributed by atoms with E-state index in [2.05, 4.69) is 46.3 Å². The van der Waals surface area contributed by atoms with Gasteiger partial charge in [0.1, 0.15) is 12.4 Å². The molecule has 8 nitrogen and oxygen atoms in total. The molecule has 0 amide bonds. The fraction of sp³-hybridized carbons (Fsp3) is 0.273. The zero-order valence-electron chi connectivity index (χ0n) is 17.6. The molecule has 0 radical (unpaired) electrons. The summed E-state index contributed by atoms with van der Waals surface area (Å²) in [4.78, 5) is 4.42. The number of aromatic nitrogens is 5. The number of nitrogens with two attached hydrogens (primary N) is 1. The molecule has 31 heavy (non-hydrogen) atoms. The number of nitrogens with zero attached hydrogens (tertiary/aromatic N) is 5. The normalized spacial score (nSPS) is 11.2. The molecule has 9 heteroatoms. The van der Waals surface area contributed by atoms with Crippen LogP contribution >= 0.6 is 11.8 Å². The molecule has 4 aromatic rings. The van der Waals surface area contributed by atoms with E-state index in [0.29, 0.717) is 34.4 Å². The summed E-state index contributed by atoms with van der Waals surface area (Å²) in [5.74, 6) is 9.42. The van der Waals surface area contributed by atoms with Crippen molar-refractivity contribution >= 4 is 11.8 Å². The van der Waals surface area contributed by atoms with Gasteiger partial charge in [-0.15, -0.1) is 10.2 Å². The van der Waals surface area contributed by atoms with Gasteiger partial charge in [0.15, 0.2) is 11.6 Å². The topological polar surface area (TPSA) is 105 Å². The van der Waals surface area contributed by atoms with Crippen molar-refractivity contribution < 1.29 is 9.26 Å². The molecule has 0 spiro atoms. The predicted octanol–water partition coefficient (Wildman–Crippen LogP) is 4.35. The van der Waals surface area contributed by atoms with Crippen molar-refractivity contribution in [2.45, 2.75) is 44.2 Å². The molecule has 0 aliphatic heterocycles. The van der Waals surface area contributed by atoms with Crippen LogP contribution in [0.15, 0.2) is 58.2 Å². The molecule has 2 heterocycles. The van der Waals surface area contributed by atoms with Crippen LogP contribution in [0.3, 0.4) is 0 Å². The van der Waals surface area contributed by atoms with Crippen LogP contribution in [0.2, 0.25) is 0 Å². The highest BCUT2D eigenvalue weighted by atomic mass is 32.2. The SMILES string of the molecule is Cc1ccc(C(C)C)c(OCc2nnc(SCc3noc(-c4ccccc4)n3)n2N)c1. The van der Waals surface area contributed by atoms with Gasteiger partial charge in [0.25, 0.3) is 5.89 Å². The summed E-state index contributed by atoms with van der Waals surface area (Å²) in [7, 11) is 0. The fourth-order valence-electron chi connectivity index (χ4n) is 3.03. The third kappa shape index (κ3) is 4.88. The molecule has 0 aliphatic carbocycles. The molecule has 2 N–H and O–H groups in total. The number of rotatable bonds is 8. The Morgan fingerprint density at radius 1 is 1.13 bits per heavy atom. The van der Waals surface area contributed by atoms with E-state index in [0.717, 1.165) is 22.4 Å². The third-order valence-corrected chi connectivity index (χ3v) is 5.64. The number of benzene rings is 2. The smallest absolute Gasteiger partial charge is 0.257 e. The Labute approximate surface area is 184 Å². The number of aryl methyl sites for hydroxylation is 1. The molecule has 0 unspecified atom stereocenters. The Bertz CT molecular complexity index is 1160. The van der Waals surface area contributed by atoms with Crippen LogP contribution in [0.5, 0.6) is 5.75 Å². The van der Waals surface area contributed by atoms with Gasteiger partial charge in [0, 0.05) is 5.56 Å². The lowest BCUT2D eigenvalue weighted by Gasteiger charge is -2.14. The van der Waals surface area contributed by atoms with Gasteiger partial charge in [-0.1, -0.05) is 61.1 Å². The summed E-state index contributed by atoms with van der Waals surface area (Å²) < 4.78 is 12.8. The maximum Gasteiger partial charge on any atom is 0.257 e. The van der Waals surface area contributed by atoms with Crippen molar-refractivity contribution in [2.75, 3.05) is 5.84 Å². The molecule has 4 rings (SSSR count). The molecule has 0 bridgehead atoms. The van der Waals surface area contributed by atoms with Crippen LogP contribution in [0.1, 0.15) is 42.5 Å². The van der Waals surface area contributed by atoms with Gasteiger partial charge < -0.3 is 15.1 Å². The minimum Gasteiger partial charge on any atom is -0.485 e. The molecule has 160 valence electrons. The van der Waals surface area contributed by atoms with E-state index in [-0.39, 0.29) is 6.61 Å². The quantitative estimate of drug-likeness (QED) is 0.321. The molecule has 0 saturated carbocycles. The molecule has 2 aromatic heterocycles. The second-order valence-electron chi connectivity index (χ2n) is 7.42. The second kappa shape index (κ2) is 9.22. The standard InChI is InChI=1S/C22H24N6O2S/c1-14(2)17-10-9-15(3)11-18(17)29-12-20-25-26-22(28(20)23)31-13-19-24-21(30-27-19)16-7-5-4-6-8-16/h4-11,14H,12-13,23H2,1-3H3. The Hall–Kier alpha value is -3.33. The summed E-state index contributed by atoms with van der Waals surface area (Å²) in [5, 5.41) is 12.9. The van der Waals surface area contributed by atoms with Crippen LogP contribution in [0, 0.1) is 6.92 Å². The zero-order chi connectivity index (χ0) is 21.8. The first-order chi connectivity index (χ1) is 15.0. The number of hydrogen-bond donors (Lipinski definition) is 1. The number of hydrogen-bond acceptors (Lipinski definition) is 8. The van der Waals surface area contributed by atoms with Crippen molar-refractivity contribution in [3.8, 4) is 17.2 Å². The molecule has 2 aromatic carbocycles. The average Bonchev–Trinajstić information content (AvgIpc) is 3.38. The summed E-state index contributed by atoms with van der Waals surface area (Å²) in [6.07, 6.45) is 0. The third-order valence-electron chi connectivity index (χ3n) is 4.70. The predicted molar refractivity (Wildman–Crippen MR) is 119 cm³/mol. The number of thioether (sulfide) groups is 1. The summed E-state index contributed by atoms with van der Waals surface area (Å²) in [6, 6.07) is 15.8. The van der Waals surface area contributed by atoms with Crippen molar-refractivity contribution in [2.24, 2.45) is 0 Å². The van der Waals surface area contributed by atoms with Crippen molar-refractivity contribution in [3.05, 3.63) is 71.3 Å². The minimum absolute atomic E-state index is 0.230. The summed E-state index contributed by atoms with van der Waals surface area (Å²) in [6.45, 7) is 6.55. The highest BCUT2D eigenvalue weighted by molar-refractivity contribution is 7.98. The van der Waals surface area contributed by atoms with E-state index in [1.54, 1.807) is 0 Å². The van der Waals surface area contributed by atoms with Gasteiger partial charge in [0.2, 0.25) is 5.16 Å². The van der Waals surface area contributed by atoms with Crippen LogP contribution < -0.4 is 10.6 Å². The Morgan fingerprint density at radius 2 is 1.94 bits per heavy atom. The number of nitrogen functional groups attached to an aromatic ring is 1. The highest BCUT2D eigenvalue weighted by Crippen LogP contribution is 2.28. The maximum absolute atomic E-state index is 6.18.